The molecule has 2 aromatic rings. The van der Waals surface area contributed by atoms with E-state index in [1.54, 1.807) is 19.1 Å². The minimum Gasteiger partial charge on any atom is -0.490 e. The summed E-state index contributed by atoms with van der Waals surface area (Å²) in [5.74, 6) is 0.616. The van der Waals surface area contributed by atoms with Gasteiger partial charge in [0.15, 0.2) is 11.5 Å². The maximum Gasteiger partial charge on any atom is 0.337 e. The third-order valence-corrected chi connectivity index (χ3v) is 4.92. The Morgan fingerprint density at radius 3 is 2.53 bits per heavy atom. The first-order valence-corrected chi connectivity index (χ1v) is 9.75. The highest BCUT2D eigenvalue weighted by atomic mass is 16.5. The molecule has 0 aliphatic carbocycles. The van der Waals surface area contributed by atoms with Crippen LogP contribution in [0.1, 0.15) is 36.6 Å². The highest BCUT2D eigenvalue weighted by molar-refractivity contribution is 5.95. The van der Waals surface area contributed by atoms with Crippen molar-refractivity contribution in [2.24, 2.45) is 0 Å². The Labute approximate surface area is 176 Å². The Hall–Kier alpha value is -3.48. The normalized spacial score (nSPS) is 15.9. The number of rotatable bonds is 7. The van der Waals surface area contributed by atoms with Crippen LogP contribution in [0.3, 0.4) is 0 Å². The van der Waals surface area contributed by atoms with Crippen molar-refractivity contribution >= 4 is 12.0 Å². The van der Waals surface area contributed by atoms with Crippen LogP contribution in [0.2, 0.25) is 0 Å². The summed E-state index contributed by atoms with van der Waals surface area (Å²) in [4.78, 5) is 24.3. The van der Waals surface area contributed by atoms with Gasteiger partial charge in [0.05, 0.1) is 25.3 Å². The van der Waals surface area contributed by atoms with E-state index in [1.165, 1.54) is 7.11 Å². The van der Waals surface area contributed by atoms with Crippen molar-refractivity contribution in [3.05, 3.63) is 70.4 Å². The molecule has 0 aromatic heterocycles. The molecule has 158 valence electrons. The van der Waals surface area contributed by atoms with E-state index in [-0.39, 0.29) is 6.03 Å². The summed E-state index contributed by atoms with van der Waals surface area (Å²) in [6.45, 7) is 6.44. The van der Waals surface area contributed by atoms with Crippen LogP contribution in [-0.4, -0.2) is 25.7 Å². The summed E-state index contributed by atoms with van der Waals surface area (Å²) >= 11 is 0. The van der Waals surface area contributed by atoms with Crippen LogP contribution in [0, 0.1) is 6.92 Å². The van der Waals surface area contributed by atoms with E-state index in [0.29, 0.717) is 41.5 Å². The number of carbonyl (C=O) groups is 2. The standard InChI is InChI=1S/C23H26N2O5/c1-5-29-19-12-16(21-20(22(26)28-4)15(3)24-23(27)25-21)10-11-18(19)30-13-17-9-7-6-8-14(17)2/h6-12,21H,5,13H2,1-4H3,(H2,24,25,27). The number of methoxy groups -OCH3 is 1. The first-order chi connectivity index (χ1) is 14.4. The van der Waals surface area contributed by atoms with Crippen molar-refractivity contribution in [2.45, 2.75) is 33.4 Å². The fraction of sp³-hybridized carbons (Fsp3) is 0.304. The van der Waals surface area contributed by atoms with Gasteiger partial charge in [0, 0.05) is 5.70 Å². The van der Waals surface area contributed by atoms with E-state index in [9.17, 15) is 9.59 Å². The molecule has 1 atom stereocenters. The van der Waals surface area contributed by atoms with Gasteiger partial charge in [-0.2, -0.15) is 0 Å². The molecule has 1 unspecified atom stereocenters. The molecule has 2 N–H and O–H groups in total. The second kappa shape index (κ2) is 9.35. The maximum atomic E-state index is 12.3. The Morgan fingerprint density at radius 2 is 1.83 bits per heavy atom. The number of carbonyl (C=O) groups excluding carboxylic acids is 2. The molecule has 1 aliphatic rings. The average molecular weight is 410 g/mol. The van der Waals surface area contributed by atoms with Crippen LogP contribution in [-0.2, 0) is 16.1 Å². The van der Waals surface area contributed by atoms with E-state index in [0.717, 1.165) is 11.1 Å². The lowest BCUT2D eigenvalue weighted by atomic mass is 9.95. The lowest BCUT2D eigenvalue weighted by Gasteiger charge is -2.28. The lowest BCUT2D eigenvalue weighted by Crippen LogP contribution is -2.45. The molecule has 0 fully saturated rings. The van der Waals surface area contributed by atoms with E-state index in [4.69, 9.17) is 14.2 Å². The smallest absolute Gasteiger partial charge is 0.337 e. The summed E-state index contributed by atoms with van der Waals surface area (Å²) in [5.41, 5.74) is 3.71. The van der Waals surface area contributed by atoms with Gasteiger partial charge in [-0.25, -0.2) is 9.59 Å². The molecule has 1 heterocycles. The number of aryl methyl sites for hydroxylation is 1. The van der Waals surface area contributed by atoms with Gasteiger partial charge in [0.2, 0.25) is 0 Å². The van der Waals surface area contributed by atoms with Crippen molar-refractivity contribution < 1.29 is 23.8 Å². The molecule has 0 saturated heterocycles. The van der Waals surface area contributed by atoms with Gasteiger partial charge < -0.3 is 24.8 Å². The Bertz CT molecular complexity index is 983. The molecule has 0 bridgehead atoms. The van der Waals surface area contributed by atoms with Crippen molar-refractivity contribution in [2.75, 3.05) is 13.7 Å². The molecule has 30 heavy (non-hydrogen) atoms. The second-order valence-corrected chi connectivity index (χ2v) is 6.92. The molecule has 7 heteroatoms. The third kappa shape index (κ3) is 4.56. The van der Waals surface area contributed by atoms with Crippen molar-refractivity contribution in [3.8, 4) is 11.5 Å². The van der Waals surface area contributed by atoms with Crippen LogP contribution in [0.4, 0.5) is 4.79 Å². The monoisotopic (exact) mass is 410 g/mol. The maximum absolute atomic E-state index is 12.3. The first-order valence-electron chi connectivity index (χ1n) is 9.75. The van der Waals surface area contributed by atoms with Crippen LogP contribution < -0.4 is 20.1 Å². The van der Waals surface area contributed by atoms with Gasteiger partial charge >= 0.3 is 12.0 Å². The number of benzene rings is 2. The largest absolute Gasteiger partial charge is 0.490 e. The fourth-order valence-corrected chi connectivity index (χ4v) is 3.34. The first kappa shape index (κ1) is 21.2. The SMILES string of the molecule is CCOc1cc(C2NC(=O)NC(C)=C2C(=O)OC)ccc1OCc1ccccc1C. The minimum absolute atomic E-state index is 0.341. The molecule has 0 spiro atoms. The summed E-state index contributed by atoms with van der Waals surface area (Å²) in [5, 5.41) is 5.39. The van der Waals surface area contributed by atoms with Crippen molar-refractivity contribution in [3.63, 3.8) is 0 Å². The minimum atomic E-state index is -0.657. The molecule has 0 radical (unpaired) electrons. The molecule has 7 nitrogen and oxygen atoms in total. The molecule has 0 saturated carbocycles. The van der Waals surface area contributed by atoms with Gasteiger partial charge in [-0.15, -0.1) is 0 Å². The van der Waals surface area contributed by atoms with E-state index in [1.807, 2.05) is 44.2 Å². The van der Waals surface area contributed by atoms with Gasteiger partial charge in [0.25, 0.3) is 0 Å². The average Bonchev–Trinajstić information content (AvgIpc) is 2.73. The zero-order valence-corrected chi connectivity index (χ0v) is 17.6. The summed E-state index contributed by atoms with van der Waals surface area (Å²) < 4.78 is 16.7. The fourth-order valence-electron chi connectivity index (χ4n) is 3.34. The third-order valence-electron chi connectivity index (χ3n) is 4.92. The molecular weight excluding hydrogens is 384 g/mol. The summed E-state index contributed by atoms with van der Waals surface area (Å²) in [7, 11) is 1.31. The second-order valence-electron chi connectivity index (χ2n) is 6.92. The Morgan fingerprint density at radius 1 is 1.07 bits per heavy atom. The van der Waals surface area contributed by atoms with Crippen LogP contribution in [0.15, 0.2) is 53.7 Å². The Kier molecular flexibility index (Phi) is 6.61. The Balaban J connectivity index is 1.92. The van der Waals surface area contributed by atoms with Crippen molar-refractivity contribution in [1.82, 2.24) is 10.6 Å². The van der Waals surface area contributed by atoms with Crippen LogP contribution in [0.5, 0.6) is 11.5 Å². The molecule has 1 aliphatic heterocycles. The zero-order chi connectivity index (χ0) is 21.7. The molecule has 2 amide bonds. The van der Waals surface area contributed by atoms with E-state index < -0.39 is 12.0 Å². The molecule has 2 aromatic carbocycles. The summed E-state index contributed by atoms with van der Waals surface area (Å²) in [6.07, 6.45) is 0. The van der Waals surface area contributed by atoms with E-state index in [2.05, 4.69) is 10.6 Å². The summed E-state index contributed by atoms with van der Waals surface area (Å²) in [6, 6.07) is 12.3. The van der Waals surface area contributed by atoms with Gasteiger partial charge in [-0.05, 0) is 49.6 Å². The predicted molar refractivity (Wildman–Crippen MR) is 112 cm³/mol. The van der Waals surface area contributed by atoms with Gasteiger partial charge in [-0.3, -0.25) is 0 Å². The number of nitrogens with one attached hydrogen (secondary N) is 2. The predicted octanol–water partition coefficient (Wildman–Crippen LogP) is 3.77. The number of hydrogen-bond acceptors (Lipinski definition) is 5. The number of urea groups is 1. The number of allylic oxidation sites excluding steroid dienone is 1. The number of ether oxygens (including phenoxy) is 3. The van der Waals surface area contributed by atoms with E-state index >= 15 is 0 Å². The molecular formula is C23H26N2O5. The van der Waals surface area contributed by atoms with Crippen molar-refractivity contribution in [1.29, 1.82) is 0 Å². The number of hydrogen-bond donors (Lipinski definition) is 2. The zero-order valence-electron chi connectivity index (χ0n) is 17.6. The highest BCUT2D eigenvalue weighted by Crippen LogP contribution is 2.35. The number of amides is 2. The topological polar surface area (TPSA) is 85.9 Å². The van der Waals surface area contributed by atoms with Crippen LogP contribution >= 0.6 is 0 Å². The van der Waals surface area contributed by atoms with Crippen LogP contribution in [0.25, 0.3) is 0 Å². The molecule has 3 rings (SSSR count). The highest BCUT2D eigenvalue weighted by Gasteiger charge is 2.32. The number of esters is 1. The van der Waals surface area contributed by atoms with Gasteiger partial charge in [-0.1, -0.05) is 30.3 Å². The quantitative estimate of drug-likeness (QED) is 0.679. The lowest BCUT2D eigenvalue weighted by molar-refractivity contribution is -0.136. The van der Waals surface area contributed by atoms with Gasteiger partial charge in [0.1, 0.15) is 6.61 Å².